The lowest BCUT2D eigenvalue weighted by Crippen LogP contribution is -2.16. The Balaban J connectivity index is 2.37. The molecule has 0 aliphatic carbocycles. The average Bonchev–Trinajstić information content (AvgIpc) is 2.86. The fourth-order valence-corrected chi connectivity index (χ4v) is 2.74. The zero-order valence-electron chi connectivity index (χ0n) is 9.72. The molecule has 2 heterocycles. The molecule has 5 nitrogen and oxygen atoms in total. The van der Waals surface area contributed by atoms with Crippen molar-refractivity contribution in [3.63, 3.8) is 0 Å². The molecule has 0 spiro atoms. The van der Waals surface area contributed by atoms with Crippen molar-refractivity contribution in [2.24, 2.45) is 12.8 Å². The molecule has 2 rings (SSSR count). The van der Waals surface area contributed by atoms with Gasteiger partial charge in [0.25, 0.3) is 0 Å². The van der Waals surface area contributed by atoms with E-state index in [2.05, 4.69) is 21.6 Å². The summed E-state index contributed by atoms with van der Waals surface area (Å²) >= 11 is 7.41. The van der Waals surface area contributed by atoms with Gasteiger partial charge >= 0.3 is 0 Å². The quantitative estimate of drug-likeness (QED) is 0.922. The molecule has 0 aliphatic heterocycles. The van der Waals surface area contributed by atoms with E-state index in [-0.39, 0.29) is 6.04 Å². The van der Waals surface area contributed by atoms with Gasteiger partial charge in [0, 0.05) is 7.05 Å². The molecule has 2 aromatic rings. The molecule has 0 bridgehead atoms. The highest BCUT2D eigenvalue weighted by atomic mass is 35.5. The summed E-state index contributed by atoms with van der Waals surface area (Å²) < 4.78 is 5.67. The van der Waals surface area contributed by atoms with Gasteiger partial charge in [-0.15, -0.1) is 5.10 Å². The van der Waals surface area contributed by atoms with Crippen LogP contribution in [-0.4, -0.2) is 19.4 Å². The first-order chi connectivity index (χ1) is 8.15. The van der Waals surface area contributed by atoms with Gasteiger partial charge in [-0.25, -0.2) is 0 Å². The summed E-state index contributed by atoms with van der Waals surface area (Å²) in [5, 5.41) is 8.78. The summed E-state index contributed by atoms with van der Waals surface area (Å²) in [5.74, 6) is 0. The van der Waals surface area contributed by atoms with Crippen LogP contribution in [0.3, 0.4) is 0 Å². The molecule has 0 saturated carbocycles. The predicted octanol–water partition coefficient (Wildman–Crippen LogP) is 1.93. The van der Waals surface area contributed by atoms with E-state index >= 15 is 0 Å². The monoisotopic (exact) mass is 271 g/mol. The van der Waals surface area contributed by atoms with Crippen LogP contribution >= 0.6 is 23.1 Å². The van der Waals surface area contributed by atoms with Crippen molar-refractivity contribution < 1.29 is 0 Å². The summed E-state index contributed by atoms with van der Waals surface area (Å²) in [4.78, 5) is 0.970. The highest BCUT2D eigenvalue weighted by molar-refractivity contribution is 7.05. The van der Waals surface area contributed by atoms with E-state index in [1.54, 1.807) is 10.9 Å². The SMILES string of the molecule is CCCc1nnsc1C(N)c1c(Cl)cnn1C. The number of aryl methyl sites for hydroxylation is 2. The molecule has 2 aromatic heterocycles. The second-order valence-corrected chi connectivity index (χ2v) is 5.01. The van der Waals surface area contributed by atoms with Crippen molar-refractivity contribution >= 4 is 23.1 Å². The van der Waals surface area contributed by atoms with Crippen LogP contribution in [-0.2, 0) is 13.5 Å². The molecule has 0 saturated heterocycles. The third-order valence-corrected chi connectivity index (χ3v) is 3.73. The first-order valence-electron chi connectivity index (χ1n) is 5.39. The molecule has 1 unspecified atom stereocenters. The summed E-state index contributed by atoms with van der Waals surface area (Å²) in [6.07, 6.45) is 3.50. The zero-order valence-corrected chi connectivity index (χ0v) is 11.3. The Morgan fingerprint density at radius 1 is 1.59 bits per heavy atom. The smallest absolute Gasteiger partial charge is 0.0867 e. The minimum atomic E-state index is -0.309. The van der Waals surface area contributed by atoms with Gasteiger partial charge in [-0.3, -0.25) is 4.68 Å². The maximum atomic E-state index is 6.22. The molecular weight excluding hydrogens is 258 g/mol. The van der Waals surface area contributed by atoms with E-state index in [1.165, 1.54) is 11.5 Å². The van der Waals surface area contributed by atoms with Gasteiger partial charge in [-0.2, -0.15) is 5.10 Å². The van der Waals surface area contributed by atoms with Gasteiger partial charge < -0.3 is 5.73 Å². The van der Waals surface area contributed by atoms with Crippen LogP contribution in [0.5, 0.6) is 0 Å². The second-order valence-electron chi connectivity index (χ2n) is 3.81. The molecule has 17 heavy (non-hydrogen) atoms. The molecule has 0 aliphatic rings. The highest BCUT2D eigenvalue weighted by Gasteiger charge is 2.22. The van der Waals surface area contributed by atoms with E-state index in [0.29, 0.717) is 5.02 Å². The Hall–Kier alpha value is -0.980. The van der Waals surface area contributed by atoms with Crippen molar-refractivity contribution in [1.82, 2.24) is 19.4 Å². The van der Waals surface area contributed by atoms with Crippen molar-refractivity contribution in [3.8, 4) is 0 Å². The van der Waals surface area contributed by atoms with Crippen LogP contribution in [0.1, 0.15) is 35.7 Å². The number of hydrogen-bond acceptors (Lipinski definition) is 5. The number of halogens is 1. The lowest BCUT2D eigenvalue weighted by molar-refractivity contribution is 0.672. The predicted molar refractivity (Wildman–Crippen MR) is 68.2 cm³/mol. The van der Waals surface area contributed by atoms with Gasteiger partial charge in [-0.05, 0) is 18.0 Å². The van der Waals surface area contributed by atoms with Crippen molar-refractivity contribution in [1.29, 1.82) is 0 Å². The van der Waals surface area contributed by atoms with Gasteiger partial charge in [0.15, 0.2) is 0 Å². The summed E-state index contributed by atoms with van der Waals surface area (Å²) in [5.41, 5.74) is 7.98. The van der Waals surface area contributed by atoms with Crippen LogP contribution in [0.4, 0.5) is 0 Å². The Bertz CT molecular complexity index is 487. The van der Waals surface area contributed by atoms with Crippen molar-refractivity contribution in [3.05, 3.63) is 27.5 Å². The molecule has 92 valence electrons. The maximum absolute atomic E-state index is 6.22. The first-order valence-corrected chi connectivity index (χ1v) is 6.54. The molecular formula is C10H14ClN5S. The molecule has 0 radical (unpaired) electrons. The third kappa shape index (κ3) is 2.34. The maximum Gasteiger partial charge on any atom is 0.0867 e. The topological polar surface area (TPSA) is 69.6 Å². The summed E-state index contributed by atoms with van der Waals surface area (Å²) in [6.45, 7) is 2.10. The van der Waals surface area contributed by atoms with E-state index in [1.807, 2.05) is 7.05 Å². The standard InChI is InChI=1S/C10H14ClN5S/c1-3-4-7-10(17-15-14-7)8(12)9-6(11)5-13-16(9)2/h5,8H,3-4,12H2,1-2H3. The highest BCUT2D eigenvalue weighted by Crippen LogP contribution is 2.29. The van der Waals surface area contributed by atoms with Crippen LogP contribution in [0.25, 0.3) is 0 Å². The second kappa shape index (κ2) is 5.12. The lowest BCUT2D eigenvalue weighted by Gasteiger charge is -2.11. The normalized spacial score (nSPS) is 12.9. The van der Waals surface area contributed by atoms with Gasteiger partial charge in [0.2, 0.25) is 0 Å². The van der Waals surface area contributed by atoms with Crippen LogP contribution < -0.4 is 5.73 Å². The Morgan fingerprint density at radius 2 is 2.35 bits per heavy atom. The third-order valence-electron chi connectivity index (χ3n) is 2.59. The molecule has 7 heteroatoms. The first kappa shape index (κ1) is 12.5. The van der Waals surface area contributed by atoms with Crippen LogP contribution in [0.2, 0.25) is 5.02 Å². The summed E-state index contributed by atoms with van der Waals surface area (Å²) in [6, 6.07) is -0.309. The number of rotatable bonds is 4. The lowest BCUT2D eigenvalue weighted by atomic mass is 10.1. The number of nitrogens with zero attached hydrogens (tertiary/aromatic N) is 4. The van der Waals surface area contributed by atoms with Gasteiger partial charge in [-0.1, -0.05) is 29.4 Å². The molecule has 0 aromatic carbocycles. The molecule has 1 atom stereocenters. The van der Waals surface area contributed by atoms with Gasteiger partial charge in [0.1, 0.15) is 0 Å². The molecule has 0 amide bonds. The molecule has 2 N–H and O–H groups in total. The average molecular weight is 272 g/mol. The van der Waals surface area contributed by atoms with Crippen LogP contribution in [0.15, 0.2) is 6.20 Å². The Morgan fingerprint density at radius 3 is 2.94 bits per heavy atom. The van der Waals surface area contributed by atoms with E-state index in [4.69, 9.17) is 17.3 Å². The van der Waals surface area contributed by atoms with Crippen molar-refractivity contribution in [2.45, 2.75) is 25.8 Å². The Labute approximate surface area is 109 Å². The minimum absolute atomic E-state index is 0.309. The number of aromatic nitrogens is 4. The van der Waals surface area contributed by atoms with Crippen molar-refractivity contribution in [2.75, 3.05) is 0 Å². The molecule has 0 fully saturated rings. The zero-order chi connectivity index (χ0) is 12.4. The van der Waals surface area contributed by atoms with E-state index in [9.17, 15) is 0 Å². The van der Waals surface area contributed by atoms with Crippen LogP contribution in [0, 0.1) is 0 Å². The number of nitrogens with two attached hydrogens (primary N) is 1. The Kier molecular flexibility index (Phi) is 3.76. The fourth-order valence-electron chi connectivity index (χ4n) is 1.76. The van der Waals surface area contributed by atoms with E-state index < -0.39 is 0 Å². The van der Waals surface area contributed by atoms with Gasteiger partial charge in [0.05, 0.1) is 33.5 Å². The number of hydrogen-bond donors (Lipinski definition) is 1. The van der Waals surface area contributed by atoms with E-state index in [0.717, 1.165) is 29.1 Å². The summed E-state index contributed by atoms with van der Waals surface area (Å²) in [7, 11) is 1.83. The largest absolute Gasteiger partial charge is 0.318 e. The minimum Gasteiger partial charge on any atom is -0.318 e. The fraction of sp³-hybridized carbons (Fsp3) is 0.500.